The highest BCUT2D eigenvalue weighted by atomic mass is 16.5. The van der Waals surface area contributed by atoms with E-state index in [-0.39, 0.29) is 0 Å². The van der Waals surface area contributed by atoms with Crippen molar-refractivity contribution >= 4 is 0 Å². The maximum atomic E-state index is 10.7. The second kappa shape index (κ2) is 4.40. The van der Waals surface area contributed by atoms with E-state index < -0.39 is 5.60 Å². The van der Waals surface area contributed by atoms with Gasteiger partial charge in [-0.25, -0.2) is 0 Å². The van der Waals surface area contributed by atoms with Crippen LogP contribution in [-0.4, -0.2) is 36.5 Å². The lowest BCUT2D eigenvalue weighted by Crippen LogP contribution is -2.51. The third-order valence-corrected chi connectivity index (χ3v) is 4.21. The zero-order valence-electron chi connectivity index (χ0n) is 9.83. The van der Waals surface area contributed by atoms with Gasteiger partial charge in [0.2, 0.25) is 0 Å². The molecule has 0 aromatic carbocycles. The van der Waals surface area contributed by atoms with Crippen LogP contribution < -0.4 is 5.32 Å². The van der Waals surface area contributed by atoms with Crippen LogP contribution in [0.2, 0.25) is 0 Å². The summed E-state index contributed by atoms with van der Waals surface area (Å²) in [6.45, 7) is 2.91. The first kappa shape index (κ1) is 11.4. The molecule has 0 aliphatic carbocycles. The van der Waals surface area contributed by atoms with Gasteiger partial charge in [0.1, 0.15) is 0 Å². The van der Waals surface area contributed by atoms with Crippen LogP contribution in [0.1, 0.15) is 39.0 Å². The Morgan fingerprint density at radius 3 is 2.53 bits per heavy atom. The van der Waals surface area contributed by atoms with E-state index in [2.05, 4.69) is 12.2 Å². The molecule has 0 saturated carbocycles. The predicted octanol–water partition coefficient (Wildman–Crippen LogP) is 1.30. The fourth-order valence-electron chi connectivity index (χ4n) is 3.13. The molecule has 2 rings (SSSR count). The molecule has 2 bridgehead atoms. The van der Waals surface area contributed by atoms with Gasteiger partial charge in [-0.3, -0.25) is 0 Å². The Morgan fingerprint density at radius 1 is 1.40 bits per heavy atom. The highest BCUT2D eigenvalue weighted by molar-refractivity contribution is 5.01. The standard InChI is InChI=1S/C12H23NO2/c1-9(5-6-15-2)12(14)7-10-3-4-11(8-12)13-10/h9-11,13-14H,3-8H2,1-2H3. The van der Waals surface area contributed by atoms with Crippen molar-refractivity contribution in [1.82, 2.24) is 5.32 Å². The van der Waals surface area contributed by atoms with Gasteiger partial charge in [-0.05, 0) is 38.0 Å². The molecule has 2 saturated heterocycles. The third-order valence-electron chi connectivity index (χ3n) is 4.21. The molecule has 3 unspecified atom stereocenters. The van der Waals surface area contributed by atoms with Crippen molar-refractivity contribution in [2.75, 3.05) is 13.7 Å². The average molecular weight is 213 g/mol. The van der Waals surface area contributed by atoms with Gasteiger partial charge in [0.15, 0.2) is 0 Å². The minimum atomic E-state index is -0.449. The van der Waals surface area contributed by atoms with Gasteiger partial charge < -0.3 is 15.2 Å². The summed E-state index contributed by atoms with van der Waals surface area (Å²) in [5.74, 6) is 0.350. The fourth-order valence-corrected chi connectivity index (χ4v) is 3.13. The Labute approximate surface area is 92.2 Å². The summed E-state index contributed by atoms with van der Waals surface area (Å²) in [5, 5.41) is 14.2. The fraction of sp³-hybridized carbons (Fsp3) is 1.00. The molecule has 2 fully saturated rings. The van der Waals surface area contributed by atoms with E-state index in [9.17, 15) is 5.11 Å². The van der Waals surface area contributed by atoms with Gasteiger partial charge in [0.25, 0.3) is 0 Å². The van der Waals surface area contributed by atoms with Crippen LogP contribution in [0.4, 0.5) is 0 Å². The monoisotopic (exact) mass is 213 g/mol. The van der Waals surface area contributed by atoms with Crippen LogP contribution in [0, 0.1) is 5.92 Å². The van der Waals surface area contributed by atoms with Crippen LogP contribution in [-0.2, 0) is 4.74 Å². The maximum Gasteiger partial charge on any atom is 0.0703 e. The topological polar surface area (TPSA) is 41.5 Å². The molecule has 2 N–H and O–H groups in total. The molecule has 2 aliphatic rings. The van der Waals surface area contributed by atoms with Crippen molar-refractivity contribution < 1.29 is 9.84 Å². The van der Waals surface area contributed by atoms with Gasteiger partial charge >= 0.3 is 0 Å². The Hall–Kier alpha value is -0.120. The molecule has 0 aromatic heterocycles. The molecule has 15 heavy (non-hydrogen) atoms. The Kier molecular flexibility index (Phi) is 3.33. The summed E-state index contributed by atoms with van der Waals surface area (Å²) in [6.07, 6.45) is 5.29. The first-order valence-corrected chi connectivity index (χ1v) is 6.11. The highest BCUT2D eigenvalue weighted by Gasteiger charge is 2.45. The number of hydrogen-bond acceptors (Lipinski definition) is 3. The summed E-state index contributed by atoms with van der Waals surface area (Å²) in [6, 6.07) is 1.11. The summed E-state index contributed by atoms with van der Waals surface area (Å²) >= 11 is 0. The molecule has 3 atom stereocenters. The summed E-state index contributed by atoms with van der Waals surface area (Å²) < 4.78 is 5.09. The maximum absolute atomic E-state index is 10.7. The average Bonchev–Trinajstić information content (AvgIpc) is 2.55. The molecule has 3 heteroatoms. The van der Waals surface area contributed by atoms with Crippen molar-refractivity contribution in [3.05, 3.63) is 0 Å². The minimum Gasteiger partial charge on any atom is -0.389 e. The van der Waals surface area contributed by atoms with Gasteiger partial charge in [-0.2, -0.15) is 0 Å². The lowest BCUT2D eigenvalue weighted by Gasteiger charge is -2.41. The van der Waals surface area contributed by atoms with Crippen LogP contribution in [0.3, 0.4) is 0 Å². The smallest absolute Gasteiger partial charge is 0.0703 e. The lowest BCUT2D eigenvalue weighted by atomic mass is 9.77. The van der Waals surface area contributed by atoms with Gasteiger partial charge in [-0.1, -0.05) is 6.92 Å². The number of hydrogen-bond donors (Lipinski definition) is 2. The van der Waals surface area contributed by atoms with Gasteiger partial charge in [-0.15, -0.1) is 0 Å². The van der Waals surface area contributed by atoms with Crippen molar-refractivity contribution in [1.29, 1.82) is 0 Å². The zero-order chi connectivity index (χ0) is 10.9. The number of aliphatic hydroxyl groups is 1. The van der Waals surface area contributed by atoms with Crippen LogP contribution >= 0.6 is 0 Å². The molecule has 0 spiro atoms. The summed E-state index contributed by atoms with van der Waals surface area (Å²) in [7, 11) is 1.73. The van der Waals surface area contributed by atoms with E-state index in [1.54, 1.807) is 7.11 Å². The summed E-state index contributed by atoms with van der Waals surface area (Å²) in [4.78, 5) is 0. The van der Waals surface area contributed by atoms with Crippen LogP contribution in [0.25, 0.3) is 0 Å². The normalized spacial score (nSPS) is 41.8. The predicted molar refractivity (Wildman–Crippen MR) is 59.8 cm³/mol. The zero-order valence-corrected chi connectivity index (χ0v) is 9.83. The molecule has 0 amide bonds. The van der Waals surface area contributed by atoms with Crippen molar-refractivity contribution in [2.24, 2.45) is 5.92 Å². The molecule has 0 radical (unpaired) electrons. The number of piperidine rings is 1. The van der Waals surface area contributed by atoms with E-state index in [1.165, 1.54) is 12.8 Å². The van der Waals surface area contributed by atoms with Gasteiger partial charge in [0, 0.05) is 25.8 Å². The highest BCUT2D eigenvalue weighted by Crippen LogP contribution is 2.39. The van der Waals surface area contributed by atoms with Crippen molar-refractivity contribution in [3.63, 3.8) is 0 Å². The molecular weight excluding hydrogens is 190 g/mol. The first-order chi connectivity index (χ1) is 7.14. The minimum absolute atomic E-state index is 0.350. The van der Waals surface area contributed by atoms with E-state index in [0.717, 1.165) is 25.9 Å². The molecule has 2 heterocycles. The molecule has 3 nitrogen and oxygen atoms in total. The quantitative estimate of drug-likeness (QED) is 0.739. The first-order valence-electron chi connectivity index (χ1n) is 6.11. The Bertz CT molecular complexity index is 208. The Balaban J connectivity index is 1.94. The Morgan fingerprint density at radius 2 is 2.00 bits per heavy atom. The van der Waals surface area contributed by atoms with E-state index in [0.29, 0.717) is 18.0 Å². The molecule has 2 aliphatic heterocycles. The van der Waals surface area contributed by atoms with Crippen LogP contribution in [0.5, 0.6) is 0 Å². The van der Waals surface area contributed by atoms with Gasteiger partial charge in [0.05, 0.1) is 5.60 Å². The second-order valence-corrected chi connectivity index (χ2v) is 5.33. The molecule has 0 aromatic rings. The van der Waals surface area contributed by atoms with Crippen molar-refractivity contribution in [2.45, 2.75) is 56.7 Å². The number of methoxy groups -OCH3 is 1. The van der Waals surface area contributed by atoms with E-state index >= 15 is 0 Å². The SMILES string of the molecule is COCCC(C)C1(O)CC2CCC(C1)N2. The number of nitrogens with one attached hydrogen (secondary N) is 1. The molecule has 88 valence electrons. The lowest BCUT2D eigenvalue weighted by molar-refractivity contribution is -0.0592. The molecular formula is C12H23NO2. The van der Waals surface area contributed by atoms with Crippen molar-refractivity contribution in [3.8, 4) is 0 Å². The third kappa shape index (κ3) is 2.35. The number of fused-ring (bicyclic) bond motifs is 2. The van der Waals surface area contributed by atoms with E-state index in [4.69, 9.17) is 4.74 Å². The number of rotatable bonds is 4. The number of ether oxygens (including phenoxy) is 1. The summed E-state index contributed by atoms with van der Waals surface area (Å²) in [5.41, 5.74) is -0.449. The largest absolute Gasteiger partial charge is 0.389 e. The van der Waals surface area contributed by atoms with Crippen LogP contribution in [0.15, 0.2) is 0 Å². The van der Waals surface area contributed by atoms with E-state index in [1.807, 2.05) is 0 Å². The second-order valence-electron chi connectivity index (χ2n) is 5.33.